The largest absolute Gasteiger partial charge is 0.372 e. The van der Waals surface area contributed by atoms with Gasteiger partial charge in [0.05, 0.1) is 22.5 Å². The first-order chi connectivity index (χ1) is 18.2. The molecular formula is C28H31FN8O. The second-order valence-corrected chi connectivity index (χ2v) is 9.69. The summed E-state index contributed by atoms with van der Waals surface area (Å²) in [6.45, 7) is 3.14. The summed E-state index contributed by atoms with van der Waals surface area (Å²) >= 11 is 0. The molecule has 0 bridgehead atoms. The normalized spacial score (nSPS) is 11.4. The minimum Gasteiger partial charge on any atom is -0.372 e. The Hall–Kier alpha value is -4.44. The van der Waals surface area contributed by atoms with Gasteiger partial charge in [0.1, 0.15) is 5.65 Å². The van der Waals surface area contributed by atoms with Crippen LogP contribution in [0.3, 0.4) is 0 Å². The number of fused-ring (bicyclic) bond motifs is 2. The summed E-state index contributed by atoms with van der Waals surface area (Å²) in [4.78, 5) is 28.4. The molecule has 0 aliphatic heterocycles. The first-order valence-electron chi connectivity index (χ1n) is 12.3. The quantitative estimate of drug-likeness (QED) is 0.271. The van der Waals surface area contributed by atoms with E-state index in [4.69, 9.17) is 4.98 Å². The Morgan fingerprint density at radius 2 is 1.89 bits per heavy atom. The number of aryl methyl sites for hydroxylation is 1. The molecule has 0 unspecified atom stereocenters. The molecule has 0 radical (unpaired) electrons. The number of rotatable bonds is 8. The number of nitrogens with one attached hydrogen (secondary N) is 3. The molecule has 10 heteroatoms. The number of carbonyl (C=O) groups is 1. The Kier molecular flexibility index (Phi) is 6.73. The smallest absolute Gasteiger partial charge is 0.229 e. The van der Waals surface area contributed by atoms with Gasteiger partial charge in [-0.2, -0.15) is 4.98 Å². The molecule has 0 saturated carbocycles. The number of anilines is 4. The monoisotopic (exact) mass is 514 g/mol. The van der Waals surface area contributed by atoms with Crippen LogP contribution in [0.2, 0.25) is 0 Å². The number of para-hydroxylation sites is 1. The van der Waals surface area contributed by atoms with Gasteiger partial charge < -0.3 is 30.0 Å². The molecule has 5 aromatic rings. The average Bonchev–Trinajstić information content (AvgIpc) is 3.42. The topological polar surface area (TPSA) is 94.1 Å². The highest BCUT2D eigenvalue weighted by Gasteiger charge is 2.19. The zero-order valence-electron chi connectivity index (χ0n) is 22.1. The second-order valence-electron chi connectivity index (χ2n) is 9.69. The van der Waals surface area contributed by atoms with E-state index in [1.54, 1.807) is 0 Å². The van der Waals surface area contributed by atoms with Crippen molar-refractivity contribution in [2.75, 3.05) is 49.8 Å². The highest BCUT2D eigenvalue weighted by molar-refractivity contribution is 6.03. The van der Waals surface area contributed by atoms with Crippen molar-refractivity contribution in [2.45, 2.75) is 6.92 Å². The van der Waals surface area contributed by atoms with Crippen molar-refractivity contribution in [1.29, 1.82) is 0 Å². The molecule has 1 amide bonds. The molecule has 2 aromatic carbocycles. The third-order valence-corrected chi connectivity index (χ3v) is 6.49. The third kappa shape index (κ3) is 4.90. The van der Waals surface area contributed by atoms with Gasteiger partial charge in [0.15, 0.2) is 5.82 Å². The minimum absolute atomic E-state index is 0.165. The van der Waals surface area contributed by atoms with Gasteiger partial charge in [-0.15, -0.1) is 0 Å². The molecule has 3 aromatic heterocycles. The van der Waals surface area contributed by atoms with Gasteiger partial charge in [-0.1, -0.05) is 18.2 Å². The standard InChI is InChI=1S/C28H31FN8O/c1-17(38)31-22-14-18(10-11-24(22)36(4)13-12-35(2)3)32-28-33-26(25-21(29)15-30-27(25)34-28)20-16-37(5)23-9-7-6-8-19(20)23/h6-11,14-16H,12-13H2,1-5H3,(H,31,38)(H2,30,32,33,34). The molecular weight excluding hydrogens is 483 g/mol. The number of amides is 1. The van der Waals surface area contributed by atoms with Crippen LogP contribution in [0.1, 0.15) is 6.92 Å². The van der Waals surface area contributed by atoms with E-state index >= 15 is 0 Å². The zero-order valence-corrected chi connectivity index (χ0v) is 22.1. The van der Waals surface area contributed by atoms with E-state index < -0.39 is 5.82 Å². The van der Waals surface area contributed by atoms with Crippen molar-refractivity contribution in [3.63, 3.8) is 0 Å². The van der Waals surface area contributed by atoms with E-state index in [1.807, 2.05) is 81.4 Å². The van der Waals surface area contributed by atoms with Gasteiger partial charge in [0.25, 0.3) is 0 Å². The summed E-state index contributed by atoms with van der Waals surface area (Å²) in [6, 6.07) is 13.7. The molecule has 0 fully saturated rings. The number of benzene rings is 2. The molecule has 3 N–H and O–H groups in total. The highest BCUT2D eigenvalue weighted by atomic mass is 19.1. The van der Waals surface area contributed by atoms with E-state index in [-0.39, 0.29) is 5.91 Å². The summed E-state index contributed by atoms with van der Waals surface area (Å²) in [5, 5.41) is 7.49. The Bertz CT molecular complexity index is 1640. The lowest BCUT2D eigenvalue weighted by molar-refractivity contribution is -0.114. The number of hydrogen-bond acceptors (Lipinski definition) is 6. The second kappa shape index (κ2) is 10.1. The molecule has 0 aliphatic carbocycles. The molecule has 38 heavy (non-hydrogen) atoms. The summed E-state index contributed by atoms with van der Waals surface area (Å²) in [5.74, 6) is -0.264. The van der Waals surface area contributed by atoms with Crippen LogP contribution >= 0.6 is 0 Å². The van der Waals surface area contributed by atoms with Crippen LogP contribution in [0.25, 0.3) is 33.2 Å². The molecule has 0 aliphatic rings. The summed E-state index contributed by atoms with van der Waals surface area (Å²) in [7, 11) is 7.99. The fraction of sp³-hybridized carbons (Fsp3) is 0.250. The summed E-state index contributed by atoms with van der Waals surface area (Å²) < 4.78 is 16.9. The van der Waals surface area contributed by atoms with E-state index in [9.17, 15) is 9.18 Å². The van der Waals surface area contributed by atoms with Gasteiger partial charge in [-0.25, -0.2) is 9.37 Å². The summed E-state index contributed by atoms with van der Waals surface area (Å²) in [6.07, 6.45) is 3.25. The number of likely N-dealkylation sites (N-methyl/N-ethyl adjacent to an activating group) is 2. The maximum Gasteiger partial charge on any atom is 0.229 e. The predicted octanol–water partition coefficient (Wildman–Crippen LogP) is 4.96. The lowest BCUT2D eigenvalue weighted by Gasteiger charge is -2.24. The van der Waals surface area contributed by atoms with E-state index in [0.717, 1.165) is 35.2 Å². The lowest BCUT2D eigenvalue weighted by Crippen LogP contribution is -2.29. The van der Waals surface area contributed by atoms with Gasteiger partial charge in [-0.3, -0.25) is 4.79 Å². The fourth-order valence-corrected chi connectivity index (χ4v) is 4.61. The Morgan fingerprint density at radius 1 is 1.11 bits per heavy atom. The maximum atomic E-state index is 14.9. The van der Waals surface area contributed by atoms with E-state index in [1.165, 1.54) is 13.1 Å². The third-order valence-electron chi connectivity index (χ3n) is 6.49. The van der Waals surface area contributed by atoms with Crippen LogP contribution in [0.15, 0.2) is 54.9 Å². The van der Waals surface area contributed by atoms with Gasteiger partial charge in [0.2, 0.25) is 11.9 Å². The van der Waals surface area contributed by atoms with E-state index in [2.05, 4.69) is 30.4 Å². The summed E-state index contributed by atoms with van der Waals surface area (Å²) in [5.41, 5.74) is 4.98. The van der Waals surface area contributed by atoms with Crippen LogP contribution < -0.4 is 15.5 Å². The molecule has 196 valence electrons. The van der Waals surface area contributed by atoms with E-state index in [0.29, 0.717) is 34.1 Å². The van der Waals surface area contributed by atoms with Crippen molar-refractivity contribution in [3.05, 3.63) is 60.7 Å². The SMILES string of the molecule is CC(=O)Nc1cc(Nc2nc(-c3cn(C)c4ccccc34)c3c(F)c[nH]c3n2)ccc1N(C)CCN(C)C. The number of aromatic amines is 1. The number of carbonyl (C=O) groups excluding carboxylic acids is 1. The molecule has 3 heterocycles. The van der Waals surface area contributed by atoms with Crippen molar-refractivity contribution in [1.82, 2.24) is 24.4 Å². The van der Waals surface area contributed by atoms with Gasteiger partial charge in [0, 0.05) is 68.7 Å². The molecule has 0 atom stereocenters. The van der Waals surface area contributed by atoms with Crippen molar-refractivity contribution < 1.29 is 9.18 Å². The molecule has 0 saturated heterocycles. The number of nitrogens with zero attached hydrogens (tertiary/aromatic N) is 5. The van der Waals surface area contributed by atoms with Gasteiger partial charge >= 0.3 is 0 Å². The van der Waals surface area contributed by atoms with Crippen molar-refractivity contribution in [3.8, 4) is 11.3 Å². The minimum atomic E-state index is -0.410. The van der Waals surface area contributed by atoms with Crippen molar-refractivity contribution in [2.24, 2.45) is 7.05 Å². The Morgan fingerprint density at radius 3 is 2.66 bits per heavy atom. The van der Waals surface area contributed by atoms with Crippen LogP contribution in [0.4, 0.5) is 27.4 Å². The number of hydrogen-bond donors (Lipinski definition) is 3. The number of aromatic nitrogens is 4. The van der Waals surface area contributed by atoms with Gasteiger partial charge in [-0.05, 0) is 38.4 Å². The lowest BCUT2D eigenvalue weighted by atomic mass is 10.1. The molecule has 9 nitrogen and oxygen atoms in total. The number of H-pyrrole nitrogens is 1. The average molecular weight is 515 g/mol. The maximum absolute atomic E-state index is 14.9. The van der Waals surface area contributed by atoms with Crippen LogP contribution in [0, 0.1) is 5.82 Å². The molecule has 5 rings (SSSR count). The Labute approximate surface area is 220 Å². The highest BCUT2D eigenvalue weighted by Crippen LogP contribution is 2.36. The van der Waals surface area contributed by atoms with Crippen LogP contribution in [-0.2, 0) is 11.8 Å². The molecule has 0 spiro atoms. The zero-order chi connectivity index (χ0) is 27.0. The number of halogens is 1. The first kappa shape index (κ1) is 25.2. The fourth-order valence-electron chi connectivity index (χ4n) is 4.61. The van der Waals surface area contributed by atoms with Crippen molar-refractivity contribution >= 4 is 50.9 Å². The predicted molar refractivity (Wildman–Crippen MR) is 152 cm³/mol. The van der Waals surface area contributed by atoms with Crippen LogP contribution in [-0.4, -0.2) is 64.6 Å². The van der Waals surface area contributed by atoms with Crippen LogP contribution in [0.5, 0.6) is 0 Å². The first-order valence-corrected chi connectivity index (χ1v) is 12.3. The Balaban J connectivity index is 1.55.